The summed E-state index contributed by atoms with van der Waals surface area (Å²) in [5.41, 5.74) is 2.07. The van der Waals surface area contributed by atoms with Gasteiger partial charge in [-0.3, -0.25) is 4.79 Å². The van der Waals surface area contributed by atoms with E-state index in [1.807, 2.05) is 6.07 Å². The lowest BCUT2D eigenvalue weighted by molar-refractivity contribution is 0.0932. The second kappa shape index (κ2) is 7.64. The Morgan fingerprint density at radius 1 is 1.07 bits per heavy atom. The predicted molar refractivity (Wildman–Crippen MR) is 106 cm³/mol. The Bertz CT molecular complexity index is 1090. The smallest absolute Gasteiger partial charge is 0.251 e. The SMILES string of the molecule is O=C(NC1CCCc2occc21)c1cccc(CS(=O)(=O)c2ccccc2)c1. The van der Waals surface area contributed by atoms with E-state index in [1.54, 1.807) is 60.9 Å². The number of fused-ring (bicyclic) bond motifs is 1. The van der Waals surface area contributed by atoms with Crippen molar-refractivity contribution in [2.75, 3.05) is 0 Å². The molecule has 1 atom stereocenters. The van der Waals surface area contributed by atoms with Crippen molar-refractivity contribution in [2.24, 2.45) is 0 Å². The van der Waals surface area contributed by atoms with Crippen molar-refractivity contribution >= 4 is 15.7 Å². The Morgan fingerprint density at radius 3 is 2.71 bits per heavy atom. The number of rotatable bonds is 5. The summed E-state index contributed by atoms with van der Waals surface area (Å²) in [5.74, 6) is 0.574. The highest BCUT2D eigenvalue weighted by Crippen LogP contribution is 2.30. The summed E-state index contributed by atoms with van der Waals surface area (Å²) in [6, 6.07) is 17.0. The molecule has 0 aliphatic heterocycles. The molecule has 2 aromatic carbocycles. The van der Waals surface area contributed by atoms with E-state index in [2.05, 4.69) is 5.32 Å². The number of amides is 1. The maximum atomic E-state index is 12.7. The van der Waals surface area contributed by atoms with Gasteiger partial charge < -0.3 is 9.73 Å². The van der Waals surface area contributed by atoms with Crippen LogP contribution in [-0.2, 0) is 22.0 Å². The number of carbonyl (C=O) groups excluding carboxylic acids is 1. The molecule has 4 rings (SSSR count). The Kier molecular flexibility index (Phi) is 5.05. The third-order valence-corrected chi connectivity index (χ3v) is 6.71. The summed E-state index contributed by atoms with van der Waals surface area (Å²) in [6.45, 7) is 0. The van der Waals surface area contributed by atoms with Crippen LogP contribution in [0.3, 0.4) is 0 Å². The third-order valence-electron chi connectivity index (χ3n) is 5.01. The molecule has 0 spiro atoms. The molecule has 1 N–H and O–H groups in total. The van der Waals surface area contributed by atoms with E-state index in [9.17, 15) is 13.2 Å². The molecule has 144 valence electrons. The number of hydrogen-bond donors (Lipinski definition) is 1. The standard InChI is InChI=1S/C22H21NO4S/c24-22(23-20-10-5-11-21-19(20)12-13-27-21)17-7-4-6-16(14-17)15-28(25,26)18-8-2-1-3-9-18/h1-4,6-9,12-14,20H,5,10-11,15H2,(H,23,24). The van der Waals surface area contributed by atoms with Gasteiger partial charge in [0.15, 0.2) is 9.84 Å². The number of sulfone groups is 1. The summed E-state index contributed by atoms with van der Waals surface area (Å²) < 4.78 is 30.7. The minimum Gasteiger partial charge on any atom is -0.469 e. The number of furan rings is 1. The van der Waals surface area contributed by atoms with Crippen molar-refractivity contribution in [1.82, 2.24) is 5.32 Å². The van der Waals surface area contributed by atoms with Crippen LogP contribution in [0.25, 0.3) is 0 Å². The number of carbonyl (C=O) groups is 1. The molecule has 0 bridgehead atoms. The molecule has 0 radical (unpaired) electrons. The number of nitrogens with one attached hydrogen (secondary N) is 1. The van der Waals surface area contributed by atoms with Gasteiger partial charge in [-0.2, -0.15) is 0 Å². The van der Waals surface area contributed by atoms with Gasteiger partial charge in [0.05, 0.1) is 23.0 Å². The Labute approximate surface area is 164 Å². The van der Waals surface area contributed by atoms with Crippen LogP contribution >= 0.6 is 0 Å². The molecule has 0 saturated carbocycles. The summed E-state index contributed by atoms with van der Waals surface area (Å²) in [5, 5.41) is 3.05. The van der Waals surface area contributed by atoms with Gasteiger partial charge in [0, 0.05) is 17.5 Å². The van der Waals surface area contributed by atoms with Crippen LogP contribution in [0, 0.1) is 0 Å². The van der Waals surface area contributed by atoms with Crippen molar-refractivity contribution in [3.05, 3.63) is 89.4 Å². The second-order valence-corrected chi connectivity index (χ2v) is 8.98. The van der Waals surface area contributed by atoms with Crippen molar-refractivity contribution in [3.63, 3.8) is 0 Å². The van der Waals surface area contributed by atoms with Crippen LogP contribution in [-0.4, -0.2) is 14.3 Å². The average Bonchev–Trinajstić information content (AvgIpc) is 3.18. The van der Waals surface area contributed by atoms with Crippen molar-refractivity contribution in [3.8, 4) is 0 Å². The Morgan fingerprint density at radius 2 is 1.89 bits per heavy atom. The fourth-order valence-corrected chi connectivity index (χ4v) is 4.97. The number of aryl methyl sites for hydroxylation is 1. The number of benzene rings is 2. The molecule has 0 saturated heterocycles. The van der Waals surface area contributed by atoms with Gasteiger partial charge in [-0.25, -0.2) is 8.42 Å². The lowest BCUT2D eigenvalue weighted by atomic mass is 9.93. The van der Waals surface area contributed by atoms with Crippen LogP contribution < -0.4 is 5.32 Å². The van der Waals surface area contributed by atoms with E-state index in [0.29, 0.717) is 11.1 Å². The summed E-state index contributed by atoms with van der Waals surface area (Å²) in [7, 11) is -3.46. The monoisotopic (exact) mass is 395 g/mol. The highest BCUT2D eigenvalue weighted by molar-refractivity contribution is 7.90. The molecule has 1 heterocycles. The molecule has 1 aromatic heterocycles. The van der Waals surface area contributed by atoms with E-state index in [4.69, 9.17) is 4.42 Å². The average molecular weight is 395 g/mol. The summed E-state index contributed by atoms with van der Waals surface area (Å²) in [4.78, 5) is 13.0. The maximum Gasteiger partial charge on any atom is 0.251 e. The quantitative estimate of drug-likeness (QED) is 0.707. The lowest BCUT2D eigenvalue weighted by Crippen LogP contribution is -2.30. The van der Waals surface area contributed by atoms with Crippen molar-refractivity contribution in [2.45, 2.75) is 36.0 Å². The minimum atomic E-state index is -3.46. The first-order valence-corrected chi connectivity index (χ1v) is 10.9. The van der Waals surface area contributed by atoms with Crippen LogP contribution in [0.4, 0.5) is 0 Å². The molecule has 6 heteroatoms. The van der Waals surface area contributed by atoms with Crippen LogP contribution in [0.15, 0.2) is 76.2 Å². The van der Waals surface area contributed by atoms with Crippen LogP contribution in [0.2, 0.25) is 0 Å². The fraction of sp³-hybridized carbons (Fsp3) is 0.227. The van der Waals surface area contributed by atoms with Gasteiger partial charge in [0.25, 0.3) is 5.91 Å². The van der Waals surface area contributed by atoms with E-state index in [0.717, 1.165) is 30.6 Å². The largest absolute Gasteiger partial charge is 0.469 e. The summed E-state index contributed by atoms with van der Waals surface area (Å²) in [6.07, 6.45) is 4.37. The van der Waals surface area contributed by atoms with Crippen molar-refractivity contribution < 1.29 is 17.6 Å². The van der Waals surface area contributed by atoms with Crippen LogP contribution in [0.1, 0.15) is 46.1 Å². The zero-order valence-electron chi connectivity index (χ0n) is 15.3. The van der Waals surface area contributed by atoms with Crippen LogP contribution in [0.5, 0.6) is 0 Å². The predicted octanol–water partition coefficient (Wildman–Crippen LogP) is 4.06. The van der Waals surface area contributed by atoms with Gasteiger partial charge >= 0.3 is 0 Å². The van der Waals surface area contributed by atoms with E-state index in [-0.39, 0.29) is 22.6 Å². The lowest BCUT2D eigenvalue weighted by Gasteiger charge is -2.22. The maximum absolute atomic E-state index is 12.7. The molecule has 1 unspecified atom stereocenters. The van der Waals surface area contributed by atoms with E-state index in [1.165, 1.54) is 0 Å². The van der Waals surface area contributed by atoms with Gasteiger partial charge in [0.1, 0.15) is 5.76 Å². The Balaban J connectivity index is 1.51. The minimum absolute atomic E-state index is 0.0771. The molecule has 1 amide bonds. The van der Waals surface area contributed by atoms with Gasteiger partial charge in [-0.1, -0.05) is 30.3 Å². The molecule has 5 nitrogen and oxygen atoms in total. The Hall–Kier alpha value is -2.86. The second-order valence-electron chi connectivity index (χ2n) is 6.99. The molecular formula is C22H21NO4S. The third kappa shape index (κ3) is 3.87. The van der Waals surface area contributed by atoms with E-state index < -0.39 is 9.84 Å². The highest BCUT2D eigenvalue weighted by Gasteiger charge is 2.24. The molecule has 1 aliphatic rings. The van der Waals surface area contributed by atoms with Crippen molar-refractivity contribution in [1.29, 1.82) is 0 Å². The zero-order chi connectivity index (χ0) is 19.6. The normalized spacial score (nSPS) is 16.4. The molecular weight excluding hydrogens is 374 g/mol. The molecule has 0 fully saturated rings. The van der Waals surface area contributed by atoms with Gasteiger partial charge in [-0.05, 0) is 48.7 Å². The first-order chi connectivity index (χ1) is 13.5. The van der Waals surface area contributed by atoms with Gasteiger partial charge in [0.2, 0.25) is 0 Å². The van der Waals surface area contributed by atoms with Gasteiger partial charge in [-0.15, -0.1) is 0 Å². The number of hydrogen-bond acceptors (Lipinski definition) is 4. The summed E-state index contributed by atoms with van der Waals surface area (Å²) >= 11 is 0. The highest BCUT2D eigenvalue weighted by atomic mass is 32.2. The molecule has 28 heavy (non-hydrogen) atoms. The van der Waals surface area contributed by atoms with E-state index >= 15 is 0 Å². The topological polar surface area (TPSA) is 76.4 Å². The fourth-order valence-electron chi connectivity index (χ4n) is 3.61. The molecule has 3 aromatic rings. The first-order valence-electron chi connectivity index (χ1n) is 9.27. The first kappa shape index (κ1) is 18.5. The zero-order valence-corrected chi connectivity index (χ0v) is 16.1. The molecule has 1 aliphatic carbocycles.